The van der Waals surface area contributed by atoms with Crippen molar-refractivity contribution < 1.29 is 4.79 Å². The lowest BCUT2D eigenvalue weighted by molar-refractivity contribution is -0.125. The Kier molecular flexibility index (Phi) is 5.48. The van der Waals surface area contributed by atoms with Crippen molar-refractivity contribution in [3.63, 3.8) is 0 Å². The number of piperidine rings is 1. The summed E-state index contributed by atoms with van der Waals surface area (Å²) >= 11 is 0. The number of nitrogens with one attached hydrogen (secondary N) is 2. The molecule has 2 heterocycles. The third-order valence-corrected chi connectivity index (χ3v) is 4.41. The van der Waals surface area contributed by atoms with Gasteiger partial charge in [0.05, 0.1) is 11.4 Å². The van der Waals surface area contributed by atoms with Crippen LogP contribution < -0.4 is 16.4 Å². The van der Waals surface area contributed by atoms with Crippen LogP contribution in [0.3, 0.4) is 0 Å². The molecular formula is C18H25N5O. The summed E-state index contributed by atoms with van der Waals surface area (Å²) in [6.45, 7) is 2.56. The van der Waals surface area contributed by atoms with Crippen LogP contribution in [0.4, 0.5) is 5.82 Å². The van der Waals surface area contributed by atoms with E-state index < -0.39 is 0 Å². The molecule has 1 aliphatic heterocycles. The van der Waals surface area contributed by atoms with Gasteiger partial charge in [0.2, 0.25) is 5.91 Å². The van der Waals surface area contributed by atoms with E-state index in [0.717, 1.165) is 50.2 Å². The lowest BCUT2D eigenvalue weighted by atomic mass is 9.97. The summed E-state index contributed by atoms with van der Waals surface area (Å²) in [5, 5.41) is 10.9. The Hall–Kier alpha value is -2.34. The number of para-hydroxylation sites is 1. The monoisotopic (exact) mass is 327 g/mol. The number of nitrogens with zero attached hydrogens (tertiary/aromatic N) is 2. The van der Waals surface area contributed by atoms with Crippen LogP contribution in [-0.4, -0.2) is 35.3 Å². The molecule has 4 N–H and O–H groups in total. The molecule has 128 valence electrons. The summed E-state index contributed by atoms with van der Waals surface area (Å²) in [4.78, 5) is 12.1. The molecule has 1 aromatic heterocycles. The Bertz CT molecular complexity index is 661. The molecular weight excluding hydrogens is 302 g/mol. The topological polar surface area (TPSA) is 85.0 Å². The zero-order valence-corrected chi connectivity index (χ0v) is 13.9. The van der Waals surface area contributed by atoms with Gasteiger partial charge in [-0.1, -0.05) is 18.2 Å². The van der Waals surface area contributed by atoms with E-state index in [4.69, 9.17) is 5.73 Å². The molecule has 1 aromatic carbocycles. The highest BCUT2D eigenvalue weighted by Crippen LogP contribution is 2.15. The van der Waals surface area contributed by atoms with Crippen molar-refractivity contribution in [2.75, 3.05) is 25.4 Å². The van der Waals surface area contributed by atoms with Crippen molar-refractivity contribution in [2.45, 2.75) is 25.7 Å². The second-order valence-electron chi connectivity index (χ2n) is 6.23. The fourth-order valence-electron chi connectivity index (χ4n) is 3.05. The molecule has 1 amide bonds. The number of amides is 1. The number of anilines is 1. The number of carbonyl (C=O) groups is 1. The maximum absolute atomic E-state index is 12.1. The molecule has 6 heteroatoms. The molecule has 24 heavy (non-hydrogen) atoms. The highest BCUT2D eigenvalue weighted by atomic mass is 16.1. The Morgan fingerprint density at radius 2 is 2.04 bits per heavy atom. The van der Waals surface area contributed by atoms with Crippen LogP contribution in [0.15, 0.2) is 36.4 Å². The number of rotatable bonds is 6. The number of carbonyl (C=O) groups excluding carboxylic acids is 1. The average molecular weight is 327 g/mol. The molecule has 0 unspecified atom stereocenters. The van der Waals surface area contributed by atoms with Crippen LogP contribution in [0.5, 0.6) is 0 Å². The second kappa shape index (κ2) is 7.97. The smallest absolute Gasteiger partial charge is 0.223 e. The van der Waals surface area contributed by atoms with Crippen molar-refractivity contribution in [1.82, 2.24) is 20.4 Å². The minimum atomic E-state index is 0.166. The SMILES string of the molecule is Nc1cc(CCCNC(=O)C2CCNCC2)nn1-c1ccccc1. The van der Waals surface area contributed by atoms with Crippen molar-refractivity contribution >= 4 is 11.7 Å². The number of aromatic nitrogens is 2. The van der Waals surface area contributed by atoms with Gasteiger partial charge in [-0.15, -0.1) is 0 Å². The predicted molar refractivity (Wildman–Crippen MR) is 94.9 cm³/mol. The van der Waals surface area contributed by atoms with E-state index in [2.05, 4.69) is 15.7 Å². The van der Waals surface area contributed by atoms with Crippen LogP contribution in [-0.2, 0) is 11.2 Å². The van der Waals surface area contributed by atoms with E-state index >= 15 is 0 Å². The first-order valence-electron chi connectivity index (χ1n) is 8.62. The number of benzene rings is 1. The summed E-state index contributed by atoms with van der Waals surface area (Å²) in [5.41, 5.74) is 7.96. The van der Waals surface area contributed by atoms with Crippen LogP contribution >= 0.6 is 0 Å². The summed E-state index contributed by atoms with van der Waals surface area (Å²) < 4.78 is 1.75. The lowest BCUT2D eigenvalue weighted by Crippen LogP contribution is -2.38. The predicted octanol–water partition coefficient (Wildman–Crippen LogP) is 1.50. The molecule has 0 atom stereocenters. The Labute approximate surface area is 142 Å². The third-order valence-electron chi connectivity index (χ3n) is 4.41. The maximum atomic E-state index is 12.1. The number of aryl methyl sites for hydroxylation is 1. The maximum Gasteiger partial charge on any atom is 0.223 e. The molecule has 3 rings (SSSR count). The highest BCUT2D eigenvalue weighted by molar-refractivity contribution is 5.78. The molecule has 0 radical (unpaired) electrons. The van der Waals surface area contributed by atoms with Gasteiger partial charge in [-0.3, -0.25) is 4.79 Å². The molecule has 6 nitrogen and oxygen atoms in total. The lowest BCUT2D eigenvalue weighted by Gasteiger charge is -2.21. The molecule has 0 spiro atoms. The quantitative estimate of drug-likeness (QED) is 0.702. The van der Waals surface area contributed by atoms with Crippen LogP contribution in [0, 0.1) is 5.92 Å². The first-order valence-corrected chi connectivity index (χ1v) is 8.62. The summed E-state index contributed by atoms with van der Waals surface area (Å²) in [6, 6.07) is 11.8. The largest absolute Gasteiger partial charge is 0.384 e. The van der Waals surface area contributed by atoms with E-state index in [1.165, 1.54) is 0 Å². The molecule has 1 saturated heterocycles. The Morgan fingerprint density at radius 3 is 2.79 bits per heavy atom. The first-order chi connectivity index (χ1) is 11.7. The van der Waals surface area contributed by atoms with E-state index in [0.29, 0.717) is 12.4 Å². The molecule has 1 aliphatic rings. The zero-order chi connectivity index (χ0) is 16.8. The standard InChI is InChI=1S/C18H25N5O/c19-17-13-15(22-23(17)16-6-2-1-3-7-16)5-4-10-21-18(24)14-8-11-20-12-9-14/h1-3,6-7,13-14,20H,4-5,8-12,19H2,(H,21,24). The van der Waals surface area contributed by atoms with Gasteiger partial charge >= 0.3 is 0 Å². The van der Waals surface area contributed by atoms with Gasteiger partial charge in [0.15, 0.2) is 0 Å². The second-order valence-corrected chi connectivity index (χ2v) is 6.23. The normalized spacial score (nSPS) is 15.3. The summed E-state index contributed by atoms with van der Waals surface area (Å²) in [5.74, 6) is 0.986. The molecule has 0 saturated carbocycles. The third kappa shape index (κ3) is 4.14. The van der Waals surface area contributed by atoms with Crippen molar-refractivity contribution in [2.24, 2.45) is 5.92 Å². The van der Waals surface area contributed by atoms with Crippen molar-refractivity contribution in [3.8, 4) is 5.69 Å². The molecule has 1 fully saturated rings. The van der Waals surface area contributed by atoms with Gasteiger partial charge in [-0.25, -0.2) is 4.68 Å². The Morgan fingerprint density at radius 1 is 1.29 bits per heavy atom. The van der Waals surface area contributed by atoms with Crippen molar-refractivity contribution in [1.29, 1.82) is 0 Å². The van der Waals surface area contributed by atoms with Crippen molar-refractivity contribution in [3.05, 3.63) is 42.1 Å². The van der Waals surface area contributed by atoms with Gasteiger partial charge in [-0.2, -0.15) is 5.10 Å². The van der Waals surface area contributed by atoms with E-state index in [9.17, 15) is 4.79 Å². The van der Waals surface area contributed by atoms with Crippen LogP contribution in [0.1, 0.15) is 25.0 Å². The van der Waals surface area contributed by atoms with E-state index in [1.54, 1.807) is 4.68 Å². The van der Waals surface area contributed by atoms with Gasteiger partial charge in [0.25, 0.3) is 0 Å². The Balaban J connectivity index is 1.46. The van der Waals surface area contributed by atoms with Crippen LogP contribution in [0.25, 0.3) is 5.69 Å². The minimum Gasteiger partial charge on any atom is -0.384 e. The van der Waals surface area contributed by atoms with Gasteiger partial charge in [0, 0.05) is 18.5 Å². The van der Waals surface area contributed by atoms with E-state index in [1.807, 2.05) is 36.4 Å². The number of hydrogen-bond acceptors (Lipinski definition) is 4. The number of hydrogen-bond donors (Lipinski definition) is 3. The fourth-order valence-corrected chi connectivity index (χ4v) is 3.05. The average Bonchev–Trinajstić information content (AvgIpc) is 3.01. The molecule has 2 aromatic rings. The van der Waals surface area contributed by atoms with Gasteiger partial charge in [0.1, 0.15) is 5.82 Å². The van der Waals surface area contributed by atoms with Crippen LogP contribution in [0.2, 0.25) is 0 Å². The summed E-state index contributed by atoms with van der Waals surface area (Å²) in [6.07, 6.45) is 3.53. The van der Waals surface area contributed by atoms with Gasteiger partial charge < -0.3 is 16.4 Å². The van der Waals surface area contributed by atoms with E-state index in [-0.39, 0.29) is 11.8 Å². The summed E-state index contributed by atoms with van der Waals surface area (Å²) in [7, 11) is 0. The van der Waals surface area contributed by atoms with Gasteiger partial charge in [-0.05, 0) is 50.9 Å². The number of nitrogens with two attached hydrogens (primary N) is 1. The highest BCUT2D eigenvalue weighted by Gasteiger charge is 2.20. The number of nitrogen functional groups attached to an aromatic ring is 1. The molecule has 0 bridgehead atoms. The zero-order valence-electron chi connectivity index (χ0n) is 13.9. The molecule has 0 aliphatic carbocycles. The first kappa shape index (κ1) is 16.5. The fraction of sp³-hybridized carbons (Fsp3) is 0.444. The minimum absolute atomic E-state index is 0.166.